The van der Waals surface area contributed by atoms with Gasteiger partial charge in [-0.2, -0.15) is 5.26 Å². The van der Waals surface area contributed by atoms with Crippen LogP contribution in [0.25, 0.3) is 0 Å². The van der Waals surface area contributed by atoms with Gasteiger partial charge in [-0.15, -0.1) is 0 Å². The van der Waals surface area contributed by atoms with Gasteiger partial charge in [0.05, 0.1) is 12.3 Å². The number of aliphatic hydroxyl groups is 1. The highest BCUT2D eigenvalue weighted by atomic mass is 16.5. The van der Waals surface area contributed by atoms with Crippen molar-refractivity contribution in [2.24, 2.45) is 0 Å². The van der Waals surface area contributed by atoms with Crippen LogP contribution in [0.4, 0.5) is 0 Å². The Balaban J connectivity index is 3.33. The standard InChI is InChI=1S/C6H7NO3/c7-3-2-6(9)10-5-1-4-8/h1,4,8H,2,5H2. The molecule has 0 fully saturated rings. The van der Waals surface area contributed by atoms with Crippen molar-refractivity contribution in [3.05, 3.63) is 12.3 Å². The van der Waals surface area contributed by atoms with Crippen LogP contribution < -0.4 is 0 Å². The Morgan fingerprint density at radius 1 is 1.80 bits per heavy atom. The van der Waals surface area contributed by atoms with E-state index in [1.165, 1.54) is 6.08 Å². The molecule has 0 spiro atoms. The van der Waals surface area contributed by atoms with E-state index in [4.69, 9.17) is 10.4 Å². The topological polar surface area (TPSA) is 70.3 Å². The van der Waals surface area contributed by atoms with Crippen LogP contribution in [-0.4, -0.2) is 17.7 Å². The van der Waals surface area contributed by atoms with Crippen molar-refractivity contribution in [2.75, 3.05) is 6.61 Å². The summed E-state index contributed by atoms with van der Waals surface area (Å²) in [4.78, 5) is 10.4. The van der Waals surface area contributed by atoms with E-state index < -0.39 is 5.97 Å². The molecule has 0 aliphatic rings. The van der Waals surface area contributed by atoms with Gasteiger partial charge in [0.25, 0.3) is 0 Å². The zero-order valence-corrected chi connectivity index (χ0v) is 5.28. The van der Waals surface area contributed by atoms with Crippen LogP contribution in [0.1, 0.15) is 6.42 Å². The number of rotatable bonds is 3. The van der Waals surface area contributed by atoms with Gasteiger partial charge < -0.3 is 9.84 Å². The molecule has 0 rings (SSSR count). The van der Waals surface area contributed by atoms with Gasteiger partial charge in [-0.05, 0) is 6.08 Å². The summed E-state index contributed by atoms with van der Waals surface area (Å²) >= 11 is 0. The molecule has 10 heavy (non-hydrogen) atoms. The smallest absolute Gasteiger partial charge is 0.320 e. The summed E-state index contributed by atoms with van der Waals surface area (Å²) in [5.41, 5.74) is 0. The maximum absolute atomic E-state index is 10.4. The Labute approximate surface area is 58.3 Å². The number of carbonyl (C=O) groups is 1. The lowest BCUT2D eigenvalue weighted by Gasteiger charge is -1.94. The third-order valence-electron chi connectivity index (χ3n) is 0.669. The summed E-state index contributed by atoms with van der Waals surface area (Å²) in [5.74, 6) is -0.583. The Kier molecular flexibility index (Phi) is 4.79. The third-order valence-corrected chi connectivity index (χ3v) is 0.669. The van der Waals surface area contributed by atoms with Gasteiger partial charge in [0.15, 0.2) is 0 Å². The molecule has 4 nitrogen and oxygen atoms in total. The van der Waals surface area contributed by atoms with Gasteiger partial charge in [0.2, 0.25) is 0 Å². The van der Waals surface area contributed by atoms with Gasteiger partial charge in [-0.3, -0.25) is 4.79 Å². The van der Waals surface area contributed by atoms with Gasteiger partial charge in [0.1, 0.15) is 13.0 Å². The molecule has 0 saturated carbocycles. The normalized spacial score (nSPS) is 9.10. The number of nitriles is 1. The van der Waals surface area contributed by atoms with E-state index in [2.05, 4.69) is 4.74 Å². The number of hydrogen-bond donors (Lipinski definition) is 1. The molecule has 0 amide bonds. The number of esters is 1. The molecule has 4 heteroatoms. The predicted octanol–water partition coefficient (Wildman–Crippen LogP) is 0.515. The van der Waals surface area contributed by atoms with Crippen LogP contribution >= 0.6 is 0 Å². The van der Waals surface area contributed by atoms with E-state index in [1.54, 1.807) is 6.07 Å². The quantitative estimate of drug-likeness (QED) is 0.459. The van der Waals surface area contributed by atoms with E-state index in [0.29, 0.717) is 0 Å². The zero-order valence-electron chi connectivity index (χ0n) is 5.28. The molecule has 0 heterocycles. The molecular formula is C6H7NO3. The van der Waals surface area contributed by atoms with Crippen molar-refractivity contribution in [2.45, 2.75) is 6.42 Å². The lowest BCUT2D eigenvalue weighted by atomic mass is 10.5. The molecular weight excluding hydrogens is 134 g/mol. The number of ether oxygens (including phenoxy) is 1. The fourth-order valence-corrected chi connectivity index (χ4v) is 0.300. The van der Waals surface area contributed by atoms with Crippen molar-refractivity contribution in [3.63, 3.8) is 0 Å². The average molecular weight is 141 g/mol. The summed E-state index contributed by atoms with van der Waals surface area (Å²) in [7, 11) is 0. The first kappa shape index (κ1) is 8.50. The van der Waals surface area contributed by atoms with Crippen LogP contribution in [0.3, 0.4) is 0 Å². The molecule has 0 unspecified atom stereocenters. The second-order valence-corrected chi connectivity index (χ2v) is 1.40. The third kappa shape index (κ3) is 4.65. The molecule has 1 N–H and O–H groups in total. The Bertz CT molecular complexity index is 168. The van der Waals surface area contributed by atoms with Crippen molar-refractivity contribution in [1.82, 2.24) is 0 Å². The maximum Gasteiger partial charge on any atom is 0.320 e. The van der Waals surface area contributed by atoms with Crippen molar-refractivity contribution in [3.8, 4) is 6.07 Å². The first-order valence-electron chi connectivity index (χ1n) is 2.63. The van der Waals surface area contributed by atoms with E-state index in [1.807, 2.05) is 0 Å². The Morgan fingerprint density at radius 3 is 3.00 bits per heavy atom. The van der Waals surface area contributed by atoms with Crippen LogP contribution in [0, 0.1) is 11.3 Å². The largest absolute Gasteiger partial charge is 0.516 e. The van der Waals surface area contributed by atoms with E-state index in [0.717, 1.165) is 6.26 Å². The first-order valence-corrected chi connectivity index (χ1v) is 2.63. The first-order chi connectivity index (χ1) is 4.81. The maximum atomic E-state index is 10.4. The number of carbonyl (C=O) groups excluding carboxylic acids is 1. The van der Waals surface area contributed by atoms with Gasteiger partial charge in [0, 0.05) is 0 Å². The molecule has 0 saturated heterocycles. The molecule has 0 aromatic heterocycles. The van der Waals surface area contributed by atoms with Crippen LogP contribution in [-0.2, 0) is 9.53 Å². The molecule has 0 aromatic rings. The SMILES string of the molecule is N#CCC(=O)OCC=CO. The minimum atomic E-state index is -0.583. The predicted molar refractivity (Wildman–Crippen MR) is 33.0 cm³/mol. The molecule has 0 atom stereocenters. The van der Waals surface area contributed by atoms with Crippen LogP contribution in [0.2, 0.25) is 0 Å². The minimum Gasteiger partial charge on any atom is -0.516 e. The highest BCUT2D eigenvalue weighted by Gasteiger charge is 1.97. The number of aliphatic hydroxyl groups excluding tert-OH is 1. The molecule has 0 radical (unpaired) electrons. The van der Waals surface area contributed by atoms with Crippen LogP contribution in [0.15, 0.2) is 12.3 Å². The second kappa shape index (κ2) is 5.63. The van der Waals surface area contributed by atoms with Crippen molar-refractivity contribution in [1.29, 1.82) is 5.26 Å². The average Bonchev–Trinajstić information content (AvgIpc) is 1.89. The summed E-state index contributed by atoms with van der Waals surface area (Å²) in [5, 5.41) is 16.0. The van der Waals surface area contributed by atoms with Gasteiger partial charge in [-0.25, -0.2) is 0 Å². The number of hydrogen-bond acceptors (Lipinski definition) is 4. The lowest BCUT2D eigenvalue weighted by Crippen LogP contribution is -2.02. The highest BCUT2D eigenvalue weighted by molar-refractivity contribution is 5.71. The van der Waals surface area contributed by atoms with Crippen LogP contribution in [0.5, 0.6) is 0 Å². The Hall–Kier alpha value is -1.50. The monoisotopic (exact) mass is 141 g/mol. The zero-order chi connectivity index (χ0) is 7.82. The van der Waals surface area contributed by atoms with Gasteiger partial charge in [-0.1, -0.05) is 0 Å². The minimum absolute atomic E-state index is 0.0109. The van der Waals surface area contributed by atoms with Gasteiger partial charge >= 0.3 is 5.97 Å². The van der Waals surface area contributed by atoms with Crippen molar-refractivity contribution >= 4 is 5.97 Å². The Morgan fingerprint density at radius 2 is 2.50 bits per heavy atom. The lowest BCUT2D eigenvalue weighted by molar-refractivity contribution is -0.141. The van der Waals surface area contributed by atoms with E-state index in [9.17, 15) is 4.79 Å². The van der Waals surface area contributed by atoms with E-state index in [-0.39, 0.29) is 13.0 Å². The molecule has 0 aromatic carbocycles. The van der Waals surface area contributed by atoms with E-state index >= 15 is 0 Å². The molecule has 0 aliphatic heterocycles. The second-order valence-electron chi connectivity index (χ2n) is 1.40. The summed E-state index contributed by atoms with van der Waals surface area (Å²) < 4.78 is 4.41. The summed E-state index contributed by atoms with van der Waals surface area (Å²) in [6.45, 7) is 0.0109. The number of nitrogens with zero attached hydrogens (tertiary/aromatic N) is 1. The molecule has 54 valence electrons. The summed E-state index contributed by atoms with van der Waals surface area (Å²) in [6, 6.07) is 1.63. The summed E-state index contributed by atoms with van der Waals surface area (Å²) in [6.07, 6.45) is 1.79. The fourth-order valence-electron chi connectivity index (χ4n) is 0.300. The van der Waals surface area contributed by atoms with Crippen molar-refractivity contribution < 1.29 is 14.6 Å². The fraction of sp³-hybridized carbons (Fsp3) is 0.333. The molecule has 0 aliphatic carbocycles. The molecule has 0 bridgehead atoms. The highest BCUT2D eigenvalue weighted by Crippen LogP contribution is 1.83.